The van der Waals surface area contributed by atoms with Gasteiger partial charge in [-0.3, -0.25) is 28.9 Å². The Bertz CT molecular complexity index is 2840. The minimum absolute atomic E-state index is 0.0350. The topological polar surface area (TPSA) is 146 Å². The lowest BCUT2D eigenvalue weighted by molar-refractivity contribution is -0.142. The Morgan fingerprint density at radius 2 is 1.31 bits per heavy atom. The molecule has 8 aromatic rings. The maximum atomic E-state index is 13.8. The van der Waals surface area contributed by atoms with Crippen LogP contribution in [0.25, 0.3) is 33.1 Å². The van der Waals surface area contributed by atoms with Gasteiger partial charge in [-0.2, -0.15) is 40.9 Å². The van der Waals surface area contributed by atoms with Gasteiger partial charge in [0.05, 0.1) is 41.6 Å². The number of aryl methyl sites for hydroxylation is 1. The molecule has 0 spiro atoms. The SMILES string of the molecule is Cc1occc1C(=O)Nc1nn(Cc2ccc(C(F)(F)F)nc2)c2ccc(-c3nsc(C(=O)Nc4nn(Cc5ccc(C(F)(F)F)nc5)c5ccccc45)c3C)cc12. The zero-order valence-corrected chi connectivity index (χ0v) is 30.9. The fourth-order valence-electron chi connectivity index (χ4n) is 6.37. The number of carbonyl (C=O) groups is 2. The summed E-state index contributed by atoms with van der Waals surface area (Å²) in [6.07, 6.45) is -5.53. The van der Waals surface area contributed by atoms with Crippen LogP contribution in [0.1, 0.15) is 53.9 Å². The van der Waals surface area contributed by atoms with Crippen molar-refractivity contribution >= 4 is 56.8 Å². The molecule has 0 bridgehead atoms. The number of amides is 2. The molecule has 2 amide bonds. The molecule has 294 valence electrons. The molecule has 2 N–H and O–H groups in total. The average Bonchev–Trinajstić information content (AvgIpc) is 3.96. The predicted octanol–water partition coefficient (Wildman–Crippen LogP) is 9.15. The summed E-state index contributed by atoms with van der Waals surface area (Å²) in [5.74, 6) is -0.190. The highest BCUT2D eigenvalue weighted by atomic mass is 32.1. The Kier molecular flexibility index (Phi) is 9.54. The zero-order chi connectivity index (χ0) is 40.9. The average molecular weight is 816 g/mol. The first-order chi connectivity index (χ1) is 27.6. The van der Waals surface area contributed by atoms with Gasteiger partial charge in [-0.25, -0.2) is 0 Å². The molecule has 6 aromatic heterocycles. The van der Waals surface area contributed by atoms with Gasteiger partial charge < -0.3 is 15.1 Å². The Labute approximate surface area is 327 Å². The molecule has 58 heavy (non-hydrogen) atoms. The molecule has 0 fully saturated rings. The quantitative estimate of drug-likeness (QED) is 0.137. The van der Waals surface area contributed by atoms with Crippen LogP contribution in [0.4, 0.5) is 38.0 Å². The van der Waals surface area contributed by atoms with E-state index in [0.29, 0.717) is 55.5 Å². The maximum absolute atomic E-state index is 13.8. The minimum Gasteiger partial charge on any atom is -0.469 e. The van der Waals surface area contributed by atoms with Gasteiger partial charge in [0, 0.05) is 34.3 Å². The van der Waals surface area contributed by atoms with Crippen LogP contribution in [-0.2, 0) is 25.4 Å². The Morgan fingerprint density at radius 1 is 0.724 bits per heavy atom. The van der Waals surface area contributed by atoms with E-state index in [1.54, 1.807) is 61.0 Å². The number of para-hydroxylation sites is 1. The van der Waals surface area contributed by atoms with E-state index in [4.69, 9.17) is 4.42 Å². The molecule has 0 aliphatic carbocycles. The van der Waals surface area contributed by atoms with E-state index in [-0.39, 0.29) is 35.2 Å². The van der Waals surface area contributed by atoms with E-state index in [1.807, 2.05) is 0 Å². The molecule has 6 heterocycles. The molecular weight excluding hydrogens is 789 g/mol. The molecule has 19 heteroatoms. The standard InChI is InChI=1S/C39H27F6N9O3S/c1-20-32(52-58-33(20)37(56)49-34-26-5-3-4-6-28(26)53(50-34)18-22-7-11-30(46-16-22)38(40,41)42)24-9-10-29-27(15-24)35(48-36(55)25-13-14-57-21(25)2)51-54(29)19-23-8-12-31(47-17-23)39(43,44)45/h3-17H,18-19H2,1-2H3,(H,48,51,55)(H,49,50,56). The van der Waals surface area contributed by atoms with Crippen LogP contribution in [0, 0.1) is 13.8 Å². The second kappa shape index (κ2) is 14.6. The number of aromatic nitrogens is 7. The number of furan rings is 1. The molecule has 0 saturated heterocycles. The smallest absolute Gasteiger partial charge is 0.433 e. The van der Waals surface area contributed by atoms with Gasteiger partial charge in [0.25, 0.3) is 11.8 Å². The highest BCUT2D eigenvalue weighted by Crippen LogP contribution is 2.35. The molecule has 2 aromatic carbocycles. The number of hydrogen-bond acceptors (Lipinski definition) is 9. The van der Waals surface area contributed by atoms with E-state index in [2.05, 4.69) is 35.2 Å². The fourth-order valence-corrected chi connectivity index (χ4v) is 7.17. The molecule has 0 aliphatic rings. The predicted molar refractivity (Wildman–Crippen MR) is 201 cm³/mol. The number of nitrogens with one attached hydrogen (secondary N) is 2. The van der Waals surface area contributed by atoms with Crippen molar-refractivity contribution in [3.8, 4) is 11.3 Å². The normalized spacial score (nSPS) is 12.1. The summed E-state index contributed by atoms with van der Waals surface area (Å²) in [5, 5.41) is 15.9. The lowest BCUT2D eigenvalue weighted by atomic mass is 10.0. The van der Waals surface area contributed by atoms with Crippen LogP contribution < -0.4 is 10.6 Å². The van der Waals surface area contributed by atoms with Crippen molar-refractivity contribution < 1.29 is 40.3 Å². The third-order valence-electron chi connectivity index (χ3n) is 9.27. The van der Waals surface area contributed by atoms with Gasteiger partial charge in [-0.05, 0) is 79.0 Å². The van der Waals surface area contributed by atoms with Gasteiger partial charge in [0.2, 0.25) is 0 Å². The zero-order valence-electron chi connectivity index (χ0n) is 30.1. The number of anilines is 2. The first-order valence-corrected chi connectivity index (χ1v) is 18.0. The van der Waals surface area contributed by atoms with Crippen molar-refractivity contribution in [2.24, 2.45) is 0 Å². The van der Waals surface area contributed by atoms with Gasteiger partial charge in [0.1, 0.15) is 22.0 Å². The molecule has 0 unspecified atom stereocenters. The van der Waals surface area contributed by atoms with Crippen molar-refractivity contribution in [2.75, 3.05) is 10.6 Å². The summed E-state index contributed by atoms with van der Waals surface area (Å²) in [6.45, 7) is 3.50. The third kappa shape index (κ3) is 7.38. The van der Waals surface area contributed by atoms with E-state index in [9.17, 15) is 35.9 Å². The van der Waals surface area contributed by atoms with Crippen LogP contribution in [-0.4, -0.2) is 45.7 Å². The lowest BCUT2D eigenvalue weighted by Gasteiger charge is -2.07. The Hall–Kier alpha value is -6.89. The number of benzene rings is 2. The number of pyridine rings is 2. The number of hydrogen-bond donors (Lipinski definition) is 2. The van der Waals surface area contributed by atoms with Gasteiger partial charge in [-0.15, -0.1) is 0 Å². The summed E-state index contributed by atoms with van der Waals surface area (Å²) < 4.78 is 91.6. The number of fused-ring (bicyclic) bond motifs is 2. The first-order valence-electron chi connectivity index (χ1n) is 17.3. The first kappa shape index (κ1) is 38.0. The van der Waals surface area contributed by atoms with Crippen LogP contribution in [0.2, 0.25) is 0 Å². The van der Waals surface area contributed by atoms with Gasteiger partial charge in [-0.1, -0.05) is 30.3 Å². The summed E-state index contributed by atoms with van der Waals surface area (Å²) in [5.41, 5.74) is 1.94. The van der Waals surface area contributed by atoms with Crippen molar-refractivity contribution in [3.05, 3.63) is 136 Å². The summed E-state index contributed by atoms with van der Waals surface area (Å²) in [4.78, 5) is 34.4. The second-order valence-corrected chi connectivity index (χ2v) is 13.9. The molecule has 0 radical (unpaired) electrons. The molecule has 0 aliphatic heterocycles. The number of alkyl halides is 6. The summed E-state index contributed by atoms with van der Waals surface area (Å²) in [7, 11) is 0. The van der Waals surface area contributed by atoms with Crippen molar-refractivity contribution in [2.45, 2.75) is 39.3 Å². The largest absolute Gasteiger partial charge is 0.469 e. The van der Waals surface area contributed by atoms with E-state index in [1.165, 1.54) is 29.1 Å². The fraction of sp³-hybridized carbons (Fsp3) is 0.154. The molecule has 8 rings (SSSR count). The highest BCUT2D eigenvalue weighted by molar-refractivity contribution is 7.08. The summed E-state index contributed by atoms with van der Waals surface area (Å²) >= 11 is 0.962. The monoisotopic (exact) mass is 815 g/mol. The van der Waals surface area contributed by atoms with Crippen molar-refractivity contribution in [1.29, 1.82) is 0 Å². The highest BCUT2D eigenvalue weighted by Gasteiger charge is 2.33. The van der Waals surface area contributed by atoms with E-state index >= 15 is 0 Å². The van der Waals surface area contributed by atoms with Crippen LogP contribution in [0.3, 0.4) is 0 Å². The Balaban J connectivity index is 1.08. The second-order valence-electron chi connectivity index (χ2n) is 13.1. The van der Waals surface area contributed by atoms with Crippen molar-refractivity contribution in [1.82, 2.24) is 33.9 Å². The molecular formula is C39H27F6N9O3S. The van der Waals surface area contributed by atoms with E-state index < -0.39 is 35.6 Å². The number of rotatable bonds is 9. The maximum Gasteiger partial charge on any atom is 0.433 e. The van der Waals surface area contributed by atoms with Gasteiger partial charge >= 0.3 is 12.4 Å². The number of carbonyl (C=O) groups excluding carboxylic acids is 2. The van der Waals surface area contributed by atoms with Crippen LogP contribution in [0.15, 0.2) is 95.9 Å². The van der Waals surface area contributed by atoms with Gasteiger partial charge in [0.15, 0.2) is 11.6 Å². The van der Waals surface area contributed by atoms with Crippen LogP contribution in [0.5, 0.6) is 0 Å². The molecule has 0 saturated carbocycles. The molecule has 0 atom stereocenters. The summed E-state index contributed by atoms with van der Waals surface area (Å²) in [6, 6.07) is 18.2. The number of nitrogens with zero attached hydrogens (tertiary/aromatic N) is 7. The van der Waals surface area contributed by atoms with E-state index in [0.717, 1.165) is 36.1 Å². The van der Waals surface area contributed by atoms with Crippen molar-refractivity contribution in [3.63, 3.8) is 0 Å². The Morgan fingerprint density at radius 3 is 1.88 bits per heavy atom. The molecule has 12 nitrogen and oxygen atoms in total. The van der Waals surface area contributed by atoms with Crippen LogP contribution >= 0.6 is 11.5 Å². The minimum atomic E-state index is -4.60. The lowest BCUT2D eigenvalue weighted by Crippen LogP contribution is -2.13. The number of halogens is 6. The third-order valence-corrected chi connectivity index (χ3v) is 10.2.